The third kappa shape index (κ3) is 6.30. The summed E-state index contributed by atoms with van der Waals surface area (Å²) < 4.78 is 5.31. The molecule has 2 N–H and O–H groups in total. The van der Waals surface area contributed by atoms with Crippen molar-refractivity contribution in [2.24, 2.45) is 0 Å². The van der Waals surface area contributed by atoms with Crippen molar-refractivity contribution in [1.82, 2.24) is 9.80 Å². The third-order valence-corrected chi connectivity index (χ3v) is 5.40. The number of fused-ring (bicyclic) bond motifs is 1. The molecule has 3 aromatic carbocycles. The van der Waals surface area contributed by atoms with Crippen LogP contribution in [-0.4, -0.2) is 71.1 Å². The maximum absolute atomic E-state index is 13.1. The minimum atomic E-state index is -1.82. The number of amides is 1. The van der Waals surface area contributed by atoms with E-state index in [1.807, 2.05) is 47.4 Å². The molecule has 3 aromatic rings. The Hall–Kier alpha value is -3.91. The lowest BCUT2D eigenvalue weighted by molar-refractivity contribution is -0.159. The fraction of sp³-hybridized carbons (Fsp3) is 0.240. The molecule has 1 heterocycles. The second kappa shape index (κ2) is 11.1. The number of piperazine rings is 1. The van der Waals surface area contributed by atoms with E-state index in [0.717, 1.165) is 54.8 Å². The van der Waals surface area contributed by atoms with E-state index in [4.69, 9.17) is 24.5 Å². The number of ether oxygens (including phenoxy) is 1. The zero-order valence-electron chi connectivity index (χ0n) is 18.3. The number of aliphatic carboxylic acids is 2. The molecular weight excluding hydrogens is 424 g/mol. The highest BCUT2D eigenvalue weighted by Gasteiger charge is 2.23. The van der Waals surface area contributed by atoms with E-state index in [9.17, 15) is 4.79 Å². The molecule has 33 heavy (non-hydrogen) atoms. The van der Waals surface area contributed by atoms with Gasteiger partial charge in [-0.25, -0.2) is 9.59 Å². The van der Waals surface area contributed by atoms with E-state index in [-0.39, 0.29) is 5.91 Å². The van der Waals surface area contributed by atoms with Gasteiger partial charge in [-0.1, -0.05) is 48.5 Å². The monoisotopic (exact) mass is 450 g/mol. The lowest BCUT2D eigenvalue weighted by Crippen LogP contribution is -2.48. The highest BCUT2D eigenvalue weighted by Crippen LogP contribution is 2.21. The lowest BCUT2D eigenvalue weighted by atomic mass is 10.0. The van der Waals surface area contributed by atoms with Gasteiger partial charge in [-0.2, -0.15) is 0 Å². The highest BCUT2D eigenvalue weighted by molar-refractivity contribution is 6.27. The van der Waals surface area contributed by atoms with Crippen molar-refractivity contribution in [1.29, 1.82) is 0 Å². The summed E-state index contributed by atoms with van der Waals surface area (Å²) in [4.78, 5) is 35.6. The summed E-state index contributed by atoms with van der Waals surface area (Å²) in [5.74, 6) is -2.63. The molecule has 1 fully saturated rings. The first-order valence-electron chi connectivity index (χ1n) is 10.5. The zero-order chi connectivity index (χ0) is 23.8. The summed E-state index contributed by atoms with van der Waals surface area (Å²) >= 11 is 0. The fourth-order valence-corrected chi connectivity index (χ4v) is 3.72. The van der Waals surface area contributed by atoms with Crippen LogP contribution in [0.3, 0.4) is 0 Å². The molecule has 1 amide bonds. The van der Waals surface area contributed by atoms with Gasteiger partial charge in [0.15, 0.2) is 0 Å². The number of rotatable bonds is 4. The van der Waals surface area contributed by atoms with Crippen molar-refractivity contribution >= 4 is 28.6 Å². The number of nitrogens with zero attached hydrogens (tertiary/aromatic N) is 2. The molecule has 1 saturated heterocycles. The Morgan fingerprint density at radius 1 is 0.848 bits per heavy atom. The Morgan fingerprint density at radius 2 is 1.48 bits per heavy atom. The van der Waals surface area contributed by atoms with Crippen LogP contribution in [0.2, 0.25) is 0 Å². The van der Waals surface area contributed by atoms with Crippen LogP contribution >= 0.6 is 0 Å². The van der Waals surface area contributed by atoms with Gasteiger partial charge in [0, 0.05) is 38.3 Å². The molecule has 0 saturated carbocycles. The van der Waals surface area contributed by atoms with Gasteiger partial charge >= 0.3 is 11.9 Å². The summed E-state index contributed by atoms with van der Waals surface area (Å²) in [6.45, 7) is 4.16. The minimum absolute atomic E-state index is 0.132. The molecule has 0 radical (unpaired) electrons. The van der Waals surface area contributed by atoms with Crippen LogP contribution in [0.5, 0.6) is 5.75 Å². The molecule has 1 aliphatic rings. The molecule has 4 rings (SSSR count). The number of carboxylic acid groups (broad SMARTS) is 2. The molecule has 0 aliphatic carbocycles. The highest BCUT2D eigenvalue weighted by atomic mass is 16.5. The van der Waals surface area contributed by atoms with Crippen LogP contribution in [0.4, 0.5) is 0 Å². The van der Waals surface area contributed by atoms with E-state index in [2.05, 4.69) is 29.2 Å². The van der Waals surface area contributed by atoms with Crippen molar-refractivity contribution in [2.75, 3.05) is 33.3 Å². The number of benzene rings is 3. The topological polar surface area (TPSA) is 107 Å². The predicted molar refractivity (Wildman–Crippen MR) is 123 cm³/mol. The first-order valence-corrected chi connectivity index (χ1v) is 10.5. The normalized spacial score (nSPS) is 13.7. The minimum Gasteiger partial charge on any atom is -0.497 e. The summed E-state index contributed by atoms with van der Waals surface area (Å²) in [6, 6.07) is 22.2. The Balaban J connectivity index is 0.000000454. The molecule has 8 heteroatoms. The van der Waals surface area contributed by atoms with E-state index < -0.39 is 11.9 Å². The smallest absolute Gasteiger partial charge is 0.414 e. The van der Waals surface area contributed by atoms with Gasteiger partial charge in [-0.05, 0) is 34.5 Å². The molecular formula is C25H26N2O6. The summed E-state index contributed by atoms with van der Waals surface area (Å²) in [6.07, 6.45) is 0. The number of hydrogen-bond donors (Lipinski definition) is 2. The number of carbonyl (C=O) groups excluding carboxylic acids is 1. The predicted octanol–water partition coefficient (Wildman–Crippen LogP) is 2.96. The number of carboxylic acids is 2. The Kier molecular flexibility index (Phi) is 7.99. The Labute approximate surface area is 191 Å². The van der Waals surface area contributed by atoms with E-state index in [1.165, 1.54) is 5.56 Å². The van der Waals surface area contributed by atoms with E-state index in [1.54, 1.807) is 7.11 Å². The van der Waals surface area contributed by atoms with Gasteiger partial charge < -0.3 is 19.8 Å². The lowest BCUT2D eigenvalue weighted by Gasteiger charge is -2.35. The van der Waals surface area contributed by atoms with Gasteiger partial charge in [-0.15, -0.1) is 0 Å². The van der Waals surface area contributed by atoms with Gasteiger partial charge in [0.25, 0.3) is 5.91 Å². The summed E-state index contributed by atoms with van der Waals surface area (Å²) in [5.41, 5.74) is 2.04. The fourth-order valence-electron chi connectivity index (χ4n) is 3.72. The molecule has 8 nitrogen and oxygen atoms in total. The van der Waals surface area contributed by atoms with Crippen LogP contribution in [0.25, 0.3) is 10.8 Å². The largest absolute Gasteiger partial charge is 0.497 e. The number of hydrogen-bond acceptors (Lipinski definition) is 5. The molecule has 0 spiro atoms. The molecule has 1 aliphatic heterocycles. The SMILES string of the molecule is COc1cccc(CN2CCN(C(=O)c3cccc4ccccc34)CC2)c1.O=C(O)C(=O)O. The van der Waals surface area contributed by atoms with Gasteiger partial charge in [0.05, 0.1) is 7.11 Å². The van der Waals surface area contributed by atoms with Crippen molar-refractivity contribution in [3.05, 3.63) is 77.9 Å². The average Bonchev–Trinajstić information content (AvgIpc) is 2.84. The quantitative estimate of drug-likeness (QED) is 0.589. The summed E-state index contributed by atoms with van der Waals surface area (Å²) in [7, 11) is 1.69. The Bertz CT molecular complexity index is 1120. The second-order valence-electron chi connectivity index (χ2n) is 7.56. The molecule has 0 aromatic heterocycles. The molecule has 172 valence electrons. The van der Waals surface area contributed by atoms with Crippen LogP contribution in [0.15, 0.2) is 66.7 Å². The van der Waals surface area contributed by atoms with Gasteiger partial charge in [-0.3, -0.25) is 9.69 Å². The first-order chi connectivity index (χ1) is 15.9. The van der Waals surface area contributed by atoms with Gasteiger partial charge in [0.2, 0.25) is 0 Å². The van der Waals surface area contributed by atoms with Crippen molar-refractivity contribution < 1.29 is 29.3 Å². The maximum Gasteiger partial charge on any atom is 0.414 e. The van der Waals surface area contributed by atoms with Crippen LogP contribution in [-0.2, 0) is 16.1 Å². The Morgan fingerprint density at radius 3 is 2.15 bits per heavy atom. The average molecular weight is 450 g/mol. The molecule has 0 unspecified atom stereocenters. The third-order valence-electron chi connectivity index (χ3n) is 5.40. The zero-order valence-corrected chi connectivity index (χ0v) is 18.3. The van der Waals surface area contributed by atoms with Crippen molar-refractivity contribution in [3.63, 3.8) is 0 Å². The summed E-state index contributed by atoms with van der Waals surface area (Å²) in [5, 5.41) is 16.9. The maximum atomic E-state index is 13.1. The van der Waals surface area contributed by atoms with Gasteiger partial charge in [0.1, 0.15) is 5.75 Å². The van der Waals surface area contributed by atoms with Crippen molar-refractivity contribution in [2.45, 2.75) is 6.54 Å². The van der Waals surface area contributed by atoms with Crippen LogP contribution in [0, 0.1) is 0 Å². The van der Waals surface area contributed by atoms with Crippen LogP contribution in [0.1, 0.15) is 15.9 Å². The van der Waals surface area contributed by atoms with E-state index in [0.29, 0.717) is 0 Å². The van der Waals surface area contributed by atoms with Crippen molar-refractivity contribution in [3.8, 4) is 5.75 Å². The molecule has 0 atom stereocenters. The second-order valence-corrected chi connectivity index (χ2v) is 7.56. The number of carbonyl (C=O) groups is 3. The number of methoxy groups -OCH3 is 1. The molecule has 0 bridgehead atoms. The standard InChI is InChI=1S/C23H24N2O2.C2H2O4/c1-27-20-9-4-6-18(16-20)17-24-12-14-25(15-13-24)23(26)22-11-5-8-19-7-2-3-10-21(19)22;3-1(4)2(5)6/h2-11,16H,12-15,17H2,1H3;(H,3,4)(H,5,6). The van der Waals surface area contributed by atoms with Crippen LogP contribution < -0.4 is 4.74 Å². The van der Waals surface area contributed by atoms with E-state index >= 15 is 0 Å². The first kappa shape index (κ1) is 23.7.